The van der Waals surface area contributed by atoms with Crippen molar-refractivity contribution < 1.29 is 9.47 Å². The van der Waals surface area contributed by atoms with Gasteiger partial charge >= 0.3 is 0 Å². The molecule has 18 heavy (non-hydrogen) atoms. The van der Waals surface area contributed by atoms with Gasteiger partial charge in [-0.2, -0.15) is 0 Å². The summed E-state index contributed by atoms with van der Waals surface area (Å²) in [4.78, 5) is 2.44. The Hall–Kier alpha value is -0.160. The lowest BCUT2D eigenvalue weighted by atomic mass is 9.95. The Kier molecular flexibility index (Phi) is 8.78. The second kappa shape index (κ2) is 8.86. The van der Waals surface area contributed by atoms with Crippen molar-refractivity contribution in [1.29, 1.82) is 0 Å². The molecule has 0 aromatic heterocycles. The number of nitrogens with zero attached hydrogens (tertiary/aromatic N) is 1. The molecule has 0 aliphatic carbocycles. The highest BCUT2D eigenvalue weighted by Gasteiger charge is 2.28. The zero-order chi connectivity index (χ0) is 14.2. The molecule has 2 atom stereocenters. The number of hydrogen-bond donors (Lipinski definition) is 1. The maximum atomic E-state index is 5.56. The third-order valence-electron chi connectivity index (χ3n) is 3.86. The van der Waals surface area contributed by atoms with Crippen LogP contribution in [0.15, 0.2) is 0 Å². The number of likely N-dealkylation sites (N-methyl/N-ethyl adjacent to an activating group) is 2. The molecule has 4 heteroatoms. The SMILES string of the molecule is CCN(CCC(NC)C(C)(C)OC)C(C)COC. The topological polar surface area (TPSA) is 33.7 Å². The van der Waals surface area contributed by atoms with Crippen LogP contribution in [0.25, 0.3) is 0 Å². The minimum atomic E-state index is -0.140. The summed E-state index contributed by atoms with van der Waals surface area (Å²) in [5, 5.41) is 3.36. The van der Waals surface area contributed by atoms with E-state index in [1.165, 1.54) is 0 Å². The van der Waals surface area contributed by atoms with Crippen LogP contribution in [-0.4, -0.2) is 63.5 Å². The van der Waals surface area contributed by atoms with Crippen LogP contribution in [-0.2, 0) is 9.47 Å². The van der Waals surface area contributed by atoms with Crippen molar-refractivity contribution in [2.24, 2.45) is 0 Å². The predicted octanol–water partition coefficient (Wildman–Crippen LogP) is 1.75. The van der Waals surface area contributed by atoms with E-state index in [1.807, 2.05) is 7.05 Å². The molecule has 0 aliphatic rings. The molecule has 0 heterocycles. The Morgan fingerprint density at radius 1 is 1.28 bits per heavy atom. The number of methoxy groups -OCH3 is 2. The summed E-state index contributed by atoms with van der Waals surface area (Å²) in [6.07, 6.45) is 1.07. The van der Waals surface area contributed by atoms with Gasteiger partial charge in [0, 0.05) is 32.8 Å². The zero-order valence-corrected chi connectivity index (χ0v) is 13.2. The van der Waals surface area contributed by atoms with Gasteiger partial charge in [-0.1, -0.05) is 6.92 Å². The van der Waals surface area contributed by atoms with E-state index in [0.717, 1.165) is 26.1 Å². The molecule has 0 saturated carbocycles. The second-order valence-corrected chi connectivity index (χ2v) is 5.37. The van der Waals surface area contributed by atoms with E-state index in [1.54, 1.807) is 14.2 Å². The first-order chi connectivity index (χ1) is 8.42. The number of ether oxygens (including phenoxy) is 2. The normalized spacial score (nSPS) is 16.0. The molecular formula is C14H32N2O2. The molecule has 0 bridgehead atoms. The molecular weight excluding hydrogens is 228 g/mol. The lowest BCUT2D eigenvalue weighted by molar-refractivity contribution is -0.0145. The van der Waals surface area contributed by atoms with Crippen LogP contribution in [0.2, 0.25) is 0 Å². The summed E-state index contributed by atoms with van der Waals surface area (Å²) < 4.78 is 10.8. The van der Waals surface area contributed by atoms with Gasteiger partial charge in [0.25, 0.3) is 0 Å². The number of rotatable bonds is 10. The summed E-state index contributed by atoms with van der Waals surface area (Å²) >= 11 is 0. The van der Waals surface area contributed by atoms with Crippen molar-refractivity contribution in [3.63, 3.8) is 0 Å². The summed E-state index contributed by atoms with van der Waals surface area (Å²) in [5.74, 6) is 0. The molecule has 110 valence electrons. The van der Waals surface area contributed by atoms with E-state index in [4.69, 9.17) is 9.47 Å². The predicted molar refractivity (Wildman–Crippen MR) is 77.1 cm³/mol. The van der Waals surface area contributed by atoms with Gasteiger partial charge in [-0.3, -0.25) is 4.90 Å². The average molecular weight is 260 g/mol. The minimum Gasteiger partial charge on any atom is -0.383 e. The van der Waals surface area contributed by atoms with Crippen LogP contribution in [0.1, 0.15) is 34.1 Å². The van der Waals surface area contributed by atoms with Crippen molar-refractivity contribution in [3.8, 4) is 0 Å². The standard InChI is InChI=1S/C14H32N2O2/c1-8-16(12(2)11-17-6)10-9-13(15-5)14(3,4)18-7/h12-13,15H,8-11H2,1-7H3. The highest BCUT2D eigenvalue weighted by atomic mass is 16.5. The van der Waals surface area contributed by atoms with Crippen LogP contribution >= 0.6 is 0 Å². The van der Waals surface area contributed by atoms with Crippen LogP contribution in [0, 0.1) is 0 Å². The minimum absolute atomic E-state index is 0.140. The lowest BCUT2D eigenvalue weighted by Gasteiger charge is -2.35. The monoisotopic (exact) mass is 260 g/mol. The molecule has 0 aromatic carbocycles. The Labute approximate surface area is 113 Å². The van der Waals surface area contributed by atoms with Gasteiger partial charge < -0.3 is 14.8 Å². The van der Waals surface area contributed by atoms with Crippen molar-refractivity contribution in [1.82, 2.24) is 10.2 Å². The molecule has 1 N–H and O–H groups in total. The van der Waals surface area contributed by atoms with Gasteiger partial charge in [-0.25, -0.2) is 0 Å². The molecule has 0 radical (unpaired) electrons. The van der Waals surface area contributed by atoms with Gasteiger partial charge in [-0.15, -0.1) is 0 Å². The fourth-order valence-corrected chi connectivity index (χ4v) is 2.31. The number of nitrogens with one attached hydrogen (secondary N) is 1. The summed E-state index contributed by atoms with van der Waals surface area (Å²) in [6, 6.07) is 0.814. The largest absolute Gasteiger partial charge is 0.383 e. The zero-order valence-electron chi connectivity index (χ0n) is 13.2. The van der Waals surface area contributed by atoms with E-state index in [0.29, 0.717) is 12.1 Å². The van der Waals surface area contributed by atoms with Crippen molar-refractivity contribution in [2.45, 2.75) is 51.8 Å². The summed E-state index contributed by atoms with van der Waals surface area (Å²) in [6.45, 7) is 11.6. The molecule has 0 aliphatic heterocycles. The van der Waals surface area contributed by atoms with E-state index in [2.05, 4.69) is 37.9 Å². The highest BCUT2D eigenvalue weighted by molar-refractivity contribution is 4.85. The lowest BCUT2D eigenvalue weighted by Crippen LogP contribution is -2.49. The van der Waals surface area contributed by atoms with Crippen molar-refractivity contribution >= 4 is 0 Å². The fourth-order valence-electron chi connectivity index (χ4n) is 2.31. The third-order valence-corrected chi connectivity index (χ3v) is 3.86. The van der Waals surface area contributed by atoms with Crippen LogP contribution in [0.3, 0.4) is 0 Å². The van der Waals surface area contributed by atoms with Crippen LogP contribution < -0.4 is 5.32 Å². The molecule has 4 nitrogen and oxygen atoms in total. The second-order valence-electron chi connectivity index (χ2n) is 5.37. The molecule has 0 fully saturated rings. The Bertz CT molecular complexity index is 210. The first kappa shape index (κ1) is 17.8. The fraction of sp³-hybridized carbons (Fsp3) is 1.00. The van der Waals surface area contributed by atoms with E-state index in [-0.39, 0.29) is 5.60 Å². The average Bonchev–Trinajstić information content (AvgIpc) is 2.34. The van der Waals surface area contributed by atoms with Gasteiger partial charge in [0.2, 0.25) is 0 Å². The first-order valence-corrected chi connectivity index (χ1v) is 6.88. The Morgan fingerprint density at radius 2 is 1.89 bits per heavy atom. The maximum absolute atomic E-state index is 5.56. The van der Waals surface area contributed by atoms with Crippen molar-refractivity contribution in [2.75, 3.05) is 41.0 Å². The van der Waals surface area contributed by atoms with E-state index in [9.17, 15) is 0 Å². The van der Waals surface area contributed by atoms with Crippen molar-refractivity contribution in [3.05, 3.63) is 0 Å². The van der Waals surface area contributed by atoms with Gasteiger partial charge in [0.1, 0.15) is 0 Å². The molecule has 2 unspecified atom stereocenters. The Balaban J connectivity index is 4.32. The van der Waals surface area contributed by atoms with Crippen LogP contribution in [0.4, 0.5) is 0 Å². The van der Waals surface area contributed by atoms with E-state index >= 15 is 0 Å². The first-order valence-electron chi connectivity index (χ1n) is 6.88. The van der Waals surface area contributed by atoms with Crippen LogP contribution in [0.5, 0.6) is 0 Å². The smallest absolute Gasteiger partial charge is 0.0775 e. The molecule has 0 amide bonds. The number of hydrogen-bond acceptors (Lipinski definition) is 4. The molecule has 0 aromatic rings. The van der Waals surface area contributed by atoms with Gasteiger partial charge in [0.05, 0.1) is 12.2 Å². The van der Waals surface area contributed by atoms with Gasteiger partial charge in [-0.05, 0) is 40.8 Å². The van der Waals surface area contributed by atoms with E-state index < -0.39 is 0 Å². The quantitative estimate of drug-likeness (QED) is 0.649. The highest BCUT2D eigenvalue weighted by Crippen LogP contribution is 2.17. The third kappa shape index (κ3) is 5.65. The molecule has 0 spiro atoms. The van der Waals surface area contributed by atoms with Gasteiger partial charge in [0.15, 0.2) is 0 Å². The summed E-state index contributed by atoms with van der Waals surface area (Å²) in [5.41, 5.74) is -0.140. The molecule has 0 rings (SSSR count). The maximum Gasteiger partial charge on any atom is 0.0775 e. The molecule has 0 saturated heterocycles. The summed E-state index contributed by atoms with van der Waals surface area (Å²) in [7, 11) is 5.53. The Morgan fingerprint density at radius 3 is 2.28 bits per heavy atom.